The number of pyridine rings is 1. The van der Waals surface area contributed by atoms with Crippen LogP contribution in [0.1, 0.15) is 23.7 Å². The first-order valence-corrected chi connectivity index (χ1v) is 6.82. The van der Waals surface area contributed by atoms with Gasteiger partial charge in [0.15, 0.2) is 0 Å². The van der Waals surface area contributed by atoms with E-state index in [4.69, 9.17) is 5.84 Å². The Labute approximate surface area is 123 Å². The Kier molecular flexibility index (Phi) is 4.72. The van der Waals surface area contributed by atoms with Crippen molar-refractivity contribution in [2.24, 2.45) is 5.84 Å². The van der Waals surface area contributed by atoms with Crippen molar-refractivity contribution in [2.75, 3.05) is 19.0 Å². The number of carbonyl (C=O) groups excluding carboxylic acids is 1. The summed E-state index contributed by atoms with van der Waals surface area (Å²) < 4.78 is 0. The molecule has 0 spiro atoms. The summed E-state index contributed by atoms with van der Waals surface area (Å²) in [5.74, 6) is 5.86. The van der Waals surface area contributed by atoms with Crippen molar-refractivity contribution in [1.29, 1.82) is 0 Å². The van der Waals surface area contributed by atoms with E-state index >= 15 is 0 Å². The number of nitrogens with zero attached hydrogens (tertiary/aromatic N) is 2. The number of hydrogen-bond acceptors (Lipinski definition) is 5. The van der Waals surface area contributed by atoms with Gasteiger partial charge in [-0.25, -0.2) is 10.8 Å². The molecule has 21 heavy (non-hydrogen) atoms. The first kappa shape index (κ1) is 15.2. The number of hydrogen-bond donors (Lipinski definition) is 3. The molecule has 2 aromatic rings. The quantitative estimate of drug-likeness (QED) is 0.571. The molecule has 0 saturated heterocycles. The zero-order valence-corrected chi connectivity index (χ0v) is 12.2. The van der Waals surface area contributed by atoms with Crippen molar-refractivity contribution in [3.05, 3.63) is 36.0 Å². The van der Waals surface area contributed by atoms with Gasteiger partial charge in [-0.1, -0.05) is 24.3 Å². The molecular weight excluding hydrogens is 268 g/mol. The van der Waals surface area contributed by atoms with Gasteiger partial charge in [0.05, 0.1) is 11.7 Å². The number of amides is 1. The number of rotatable bonds is 5. The van der Waals surface area contributed by atoms with Gasteiger partial charge in [0, 0.05) is 25.2 Å². The number of anilines is 1. The molecule has 0 saturated carbocycles. The normalized spacial score (nSPS) is 12.2. The maximum atomic E-state index is 12.5. The molecule has 0 bridgehead atoms. The molecular formula is C15H20N4O2. The van der Waals surface area contributed by atoms with Gasteiger partial charge in [-0.15, -0.1) is 0 Å². The molecule has 6 nitrogen and oxygen atoms in total. The number of aliphatic hydroxyl groups excluding tert-OH is 1. The number of aromatic nitrogens is 1. The maximum Gasteiger partial charge on any atom is 0.255 e. The Hall–Kier alpha value is -2.18. The molecule has 1 atom stereocenters. The van der Waals surface area contributed by atoms with E-state index in [1.807, 2.05) is 24.3 Å². The summed E-state index contributed by atoms with van der Waals surface area (Å²) in [6.45, 7) is 2.19. The van der Waals surface area contributed by atoms with Crippen LogP contribution in [0, 0.1) is 0 Å². The van der Waals surface area contributed by atoms with E-state index in [0.717, 1.165) is 10.8 Å². The minimum atomic E-state index is -0.432. The molecule has 0 aliphatic rings. The fraction of sp³-hybridized carbons (Fsp3) is 0.333. The Morgan fingerprint density at radius 1 is 1.43 bits per heavy atom. The summed E-state index contributed by atoms with van der Waals surface area (Å²) in [4.78, 5) is 18.3. The number of hydrazine groups is 1. The second kappa shape index (κ2) is 6.51. The molecule has 2 rings (SSSR count). The molecule has 0 radical (unpaired) electrons. The van der Waals surface area contributed by atoms with Crippen LogP contribution >= 0.6 is 0 Å². The molecule has 0 aliphatic carbocycles. The summed E-state index contributed by atoms with van der Waals surface area (Å²) in [5.41, 5.74) is 3.06. The van der Waals surface area contributed by atoms with E-state index in [1.54, 1.807) is 18.9 Å². The molecule has 0 aliphatic heterocycles. The number of aliphatic hydroxyl groups is 1. The van der Waals surface area contributed by atoms with Gasteiger partial charge >= 0.3 is 0 Å². The Bertz CT molecular complexity index is 643. The van der Waals surface area contributed by atoms with Crippen LogP contribution in [0.25, 0.3) is 10.8 Å². The van der Waals surface area contributed by atoms with Crippen molar-refractivity contribution in [3.8, 4) is 0 Å². The zero-order valence-electron chi connectivity index (χ0n) is 12.2. The highest BCUT2D eigenvalue weighted by Crippen LogP contribution is 2.24. The largest absolute Gasteiger partial charge is 0.393 e. The van der Waals surface area contributed by atoms with Crippen LogP contribution in [-0.2, 0) is 0 Å². The van der Waals surface area contributed by atoms with Crippen molar-refractivity contribution >= 4 is 22.5 Å². The predicted octanol–water partition coefficient (Wildman–Crippen LogP) is 1.36. The van der Waals surface area contributed by atoms with Crippen molar-refractivity contribution < 1.29 is 9.90 Å². The summed E-state index contributed by atoms with van der Waals surface area (Å²) in [6, 6.07) is 7.48. The molecule has 1 heterocycles. The van der Waals surface area contributed by atoms with Crippen molar-refractivity contribution in [1.82, 2.24) is 9.88 Å². The van der Waals surface area contributed by atoms with Gasteiger partial charge in [-0.3, -0.25) is 4.79 Å². The second-order valence-electron chi connectivity index (χ2n) is 5.07. The van der Waals surface area contributed by atoms with Crippen LogP contribution < -0.4 is 11.3 Å². The number of carbonyl (C=O) groups is 1. The maximum absolute atomic E-state index is 12.5. The minimum Gasteiger partial charge on any atom is -0.393 e. The Balaban J connectivity index is 2.36. The summed E-state index contributed by atoms with van der Waals surface area (Å²) in [7, 11) is 1.72. The lowest BCUT2D eigenvalue weighted by atomic mass is 10.1. The summed E-state index contributed by atoms with van der Waals surface area (Å²) in [6.07, 6.45) is 1.63. The molecule has 6 heteroatoms. The topological polar surface area (TPSA) is 91.5 Å². The van der Waals surface area contributed by atoms with Gasteiger partial charge < -0.3 is 15.4 Å². The molecule has 112 valence electrons. The van der Waals surface area contributed by atoms with Crippen LogP contribution in [0.5, 0.6) is 0 Å². The Morgan fingerprint density at radius 3 is 2.71 bits per heavy atom. The fourth-order valence-corrected chi connectivity index (χ4v) is 2.17. The summed E-state index contributed by atoms with van der Waals surface area (Å²) in [5, 5.41) is 10.9. The smallest absolute Gasteiger partial charge is 0.255 e. The molecule has 4 N–H and O–H groups in total. The highest BCUT2D eigenvalue weighted by atomic mass is 16.3. The number of nitrogens with one attached hydrogen (secondary N) is 1. The number of benzene rings is 1. The van der Waals surface area contributed by atoms with Gasteiger partial charge in [0.2, 0.25) is 0 Å². The third kappa shape index (κ3) is 3.29. The number of fused-ring (bicyclic) bond motifs is 1. The van der Waals surface area contributed by atoms with Crippen LogP contribution in [-0.4, -0.2) is 40.6 Å². The number of nitrogens with two attached hydrogens (primary N) is 1. The first-order chi connectivity index (χ1) is 10.0. The zero-order chi connectivity index (χ0) is 15.4. The van der Waals surface area contributed by atoms with Gasteiger partial charge in [-0.2, -0.15) is 0 Å². The van der Waals surface area contributed by atoms with Gasteiger partial charge in [0.25, 0.3) is 5.91 Å². The molecule has 1 aromatic heterocycles. The van der Waals surface area contributed by atoms with E-state index in [2.05, 4.69) is 10.4 Å². The SMILES string of the molecule is CC(O)CCN(C)C(=O)c1cnc(NN)c2ccccc12. The minimum absolute atomic E-state index is 0.122. The molecule has 0 fully saturated rings. The van der Waals surface area contributed by atoms with Crippen LogP contribution in [0.2, 0.25) is 0 Å². The highest BCUT2D eigenvalue weighted by Gasteiger charge is 2.17. The average Bonchev–Trinajstić information content (AvgIpc) is 2.50. The third-order valence-electron chi connectivity index (χ3n) is 3.39. The van der Waals surface area contributed by atoms with E-state index in [9.17, 15) is 9.90 Å². The summed E-state index contributed by atoms with van der Waals surface area (Å²) >= 11 is 0. The molecule has 1 unspecified atom stereocenters. The van der Waals surface area contributed by atoms with Crippen LogP contribution in [0.3, 0.4) is 0 Å². The van der Waals surface area contributed by atoms with E-state index in [0.29, 0.717) is 24.3 Å². The van der Waals surface area contributed by atoms with Gasteiger partial charge in [-0.05, 0) is 18.7 Å². The lowest BCUT2D eigenvalue weighted by molar-refractivity contribution is 0.0770. The second-order valence-corrected chi connectivity index (χ2v) is 5.07. The lowest BCUT2D eigenvalue weighted by Crippen LogP contribution is -2.29. The lowest BCUT2D eigenvalue weighted by Gasteiger charge is -2.19. The monoisotopic (exact) mass is 288 g/mol. The molecule has 1 amide bonds. The third-order valence-corrected chi connectivity index (χ3v) is 3.39. The van der Waals surface area contributed by atoms with E-state index in [1.165, 1.54) is 6.20 Å². The standard InChI is InChI=1S/C15H20N4O2/c1-10(20)7-8-19(2)15(21)13-9-17-14(18-16)12-6-4-3-5-11(12)13/h3-6,9-10,20H,7-8,16H2,1-2H3,(H,17,18). The number of nitrogen functional groups attached to an aromatic ring is 1. The van der Waals surface area contributed by atoms with Crippen molar-refractivity contribution in [3.63, 3.8) is 0 Å². The van der Waals surface area contributed by atoms with E-state index in [-0.39, 0.29) is 5.91 Å². The average molecular weight is 288 g/mol. The Morgan fingerprint density at radius 2 is 2.10 bits per heavy atom. The van der Waals surface area contributed by atoms with Crippen molar-refractivity contribution in [2.45, 2.75) is 19.4 Å². The fourth-order valence-electron chi connectivity index (χ4n) is 2.17. The van der Waals surface area contributed by atoms with Crippen LogP contribution in [0.4, 0.5) is 5.82 Å². The molecule has 1 aromatic carbocycles. The van der Waals surface area contributed by atoms with E-state index < -0.39 is 6.10 Å². The van der Waals surface area contributed by atoms with Crippen LogP contribution in [0.15, 0.2) is 30.5 Å². The first-order valence-electron chi connectivity index (χ1n) is 6.82. The highest BCUT2D eigenvalue weighted by molar-refractivity contribution is 6.09. The predicted molar refractivity (Wildman–Crippen MR) is 82.8 cm³/mol. The van der Waals surface area contributed by atoms with Gasteiger partial charge in [0.1, 0.15) is 5.82 Å².